The standard InChI is InChI=1S/C22H34N6O.HI/c1-17(16-28-19(3)14-18(2)25-28)15-24-22(23-4)27-12-10-26(11-13-27)20-8-6-7-9-21(20)29-5;/h6-9,14,17H,10-13,15-16H2,1-5H3,(H,23,24);1H. The molecule has 0 spiro atoms. The number of guanidine groups is 1. The van der Waals surface area contributed by atoms with Crippen molar-refractivity contribution in [1.82, 2.24) is 20.0 Å². The average Bonchev–Trinajstić information content (AvgIpc) is 3.05. The van der Waals surface area contributed by atoms with Crippen molar-refractivity contribution in [1.29, 1.82) is 0 Å². The molecule has 0 saturated carbocycles. The number of hydrogen-bond donors (Lipinski definition) is 1. The van der Waals surface area contributed by atoms with Gasteiger partial charge in [0.1, 0.15) is 5.75 Å². The maximum atomic E-state index is 5.52. The Labute approximate surface area is 197 Å². The minimum absolute atomic E-state index is 0. The van der Waals surface area contributed by atoms with Crippen LogP contribution in [0.1, 0.15) is 18.3 Å². The largest absolute Gasteiger partial charge is 0.495 e. The second kappa shape index (κ2) is 11.4. The van der Waals surface area contributed by atoms with Gasteiger partial charge in [-0.2, -0.15) is 5.10 Å². The SMILES string of the molecule is CN=C(NCC(C)Cn1nc(C)cc1C)N1CCN(c2ccccc2OC)CC1.I. The van der Waals surface area contributed by atoms with Crippen molar-refractivity contribution in [3.8, 4) is 5.75 Å². The van der Waals surface area contributed by atoms with Gasteiger partial charge < -0.3 is 19.9 Å². The number of halogens is 1. The molecule has 1 aliphatic rings. The Morgan fingerprint density at radius 3 is 2.50 bits per heavy atom. The van der Waals surface area contributed by atoms with Crippen LogP contribution in [-0.4, -0.2) is 67.5 Å². The Kier molecular flexibility index (Phi) is 9.26. The molecule has 1 aromatic heterocycles. The van der Waals surface area contributed by atoms with Crippen LogP contribution in [0.2, 0.25) is 0 Å². The Morgan fingerprint density at radius 1 is 1.20 bits per heavy atom. The number of anilines is 1. The van der Waals surface area contributed by atoms with Gasteiger partial charge in [0.2, 0.25) is 0 Å². The summed E-state index contributed by atoms with van der Waals surface area (Å²) in [4.78, 5) is 9.23. The molecule has 1 saturated heterocycles. The first-order valence-electron chi connectivity index (χ1n) is 10.4. The summed E-state index contributed by atoms with van der Waals surface area (Å²) < 4.78 is 7.61. The fourth-order valence-electron chi connectivity index (χ4n) is 3.87. The van der Waals surface area contributed by atoms with Crippen molar-refractivity contribution in [3.63, 3.8) is 0 Å². The molecule has 166 valence electrons. The minimum atomic E-state index is 0. The number of piperazine rings is 1. The third-order valence-corrected chi connectivity index (χ3v) is 5.41. The molecule has 2 aromatic rings. The van der Waals surface area contributed by atoms with Gasteiger partial charge in [-0.25, -0.2) is 0 Å². The summed E-state index contributed by atoms with van der Waals surface area (Å²) in [6.07, 6.45) is 0. The lowest BCUT2D eigenvalue weighted by molar-refractivity contribution is 0.359. The minimum Gasteiger partial charge on any atom is -0.495 e. The second-order valence-electron chi connectivity index (χ2n) is 7.79. The fourth-order valence-corrected chi connectivity index (χ4v) is 3.87. The quantitative estimate of drug-likeness (QED) is 0.356. The van der Waals surface area contributed by atoms with Crippen molar-refractivity contribution < 1.29 is 4.74 Å². The lowest BCUT2D eigenvalue weighted by Gasteiger charge is -2.38. The lowest BCUT2D eigenvalue weighted by Crippen LogP contribution is -2.53. The molecule has 3 rings (SSSR count). The van der Waals surface area contributed by atoms with E-state index < -0.39 is 0 Å². The van der Waals surface area contributed by atoms with E-state index in [4.69, 9.17) is 4.74 Å². The molecule has 1 atom stereocenters. The zero-order valence-corrected chi connectivity index (χ0v) is 21.1. The van der Waals surface area contributed by atoms with E-state index in [1.807, 2.05) is 26.1 Å². The molecule has 0 amide bonds. The number of hydrogen-bond acceptors (Lipinski definition) is 4. The van der Waals surface area contributed by atoms with Crippen LogP contribution in [0.3, 0.4) is 0 Å². The predicted octanol–water partition coefficient (Wildman–Crippen LogP) is 3.16. The molecule has 1 N–H and O–H groups in total. The first-order valence-corrected chi connectivity index (χ1v) is 10.4. The van der Waals surface area contributed by atoms with Gasteiger partial charge in [0.15, 0.2) is 5.96 Å². The van der Waals surface area contributed by atoms with Gasteiger partial charge in [-0.1, -0.05) is 19.1 Å². The van der Waals surface area contributed by atoms with E-state index in [1.165, 1.54) is 5.69 Å². The van der Waals surface area contributed by atoms with Crippen molar-refractivity contribution in [2.75, 3.05) is 51.8 Å². The molecular weight excluding hydrogens is 491 g/mol. The van der Waals surface area contributed by atoms with Gasteiger partial charge in [0, 0.05) is 52.0 Å². The summed E-state index contributed by atoms with van der Waals surface area (Å²) in [5.74, 6) is 2.37. The maximum absolute atomic E-state index is 5.52. The zero-order chi connectivity index (χ0) is 20.8. The van der Waals surface area contributed by atoms with Gasteiger partial charge >= 0.3 is 0 Å². The molecule has 7 nitrogen and oxygen atoms in total. The van der Waals surface area contributed by atoms with Crippen molar-refractivity contribution in [2.45, 2.75) is 27.3 Å². The van der Waals surface area contributed by atoms with Gasteiger partial charge in [0.25, 0.3) is 0 Å². The number of aryl methyl sites for hydroxylation is 2. The number of para-hydroxylation sites is 2. The molecule has 0 bridgehead atoms. The van der Waals surface area contributed by atoms with E-state index in [0.29, 0.717) is 5.92 Å². The van der Waals surface area contributed by atoms with Crippen LogP contribution in [-0.2, 0) is 6.54 Å². The molecule has 0 aliphatic carbocycles. The topological polar surface area (TPSA) is 57.9 Å². The Balaban J connectivity index is 0.00000320. The number of aromatic nitrogens is 2. The van der Waals surface area contributed by atoms with E-state index >= 15 is 0 Å². The highest BCUT2D eigenvalue weighted by atomic mass is 127. The number of benzene rings is 1. The van der Waals surface area contributed by atoms with Gasteiger partial charge in [0.05, 0.1) is 18.5 Å². The van der Waals surface area contributed by atoms with Gasteiger partial charge in [-0.05, 0) is 38.0 Å². The normalized spacial score (nSPS) is 15.6. The highest BCUT2D eigenvalue weighted by Gasteiger charge is 2.22. The van der Waals surface area contributed by atoms with Crippen LogP contribution >= 0.6 is 24.0 Å². The van der Waals surface area contributed by atoms with E-state index in [2.05, 4.69) is 61.9 Å². The number of methoxy groups -OCH3 is 1. The van der Waals surface area contributed by atoms with Crippen LogP contribution in [0.25, 0.3) is 0 Å². The first-order chi connectivity index (χ1) is 14.0. The number of rotatable bonds is 6. The third-order valence-electron chi connectivity index (χ3n) is 5.41. The summed E-state index contributed by atoms with van der Waals surface area (Å²) in [5, 5.41) is 8.13. The number of nitrogens with one attached hydrogen (secondary N) is 1. The molecule has 8 heteroatoms. The summed E-state index contributed by atoms with van der Waals surface area (Å²) in [7, 11) is 3.59. The van der Waals surface area contributed by atoms with Crippen molar-refractivity contribution in [2.24, 2.45) is 10.9 Å². The molecule has 30 heavy (non-hydrogen) atoms. The molecule has 1 aromatic carbocycles. The zero-order valence-electron chi connectivity index (χ0n) is 18.8. The smallest absolute Gasteiger partial charge is 0.193 e. The number of aliphatic imine (C=N–C) groups is 1. The molecule has 1 unspecified atom stereocenters. The summed E-state index contributed by atoms with van der Waals surface area (Å²) in [6.45, 7) is 11.9. The van der Waals surface area contributed by atoms with Crippen LogP contribution < -0.4 is 15.0 Å². The molecule has 2 heterocycles. The molecule has 1 fully saturated rings. The van der Waals surface area contributed by atoms with Crippen molar-refractivity contribution >= 4 is 35.6 Å². The molecular formula is C22H35IN6O. The molecule has 0 radical (unpaired) electrons. The predicted molar refractivity (Wildman–Crippen MR) is 134 cm³/mol. The lowest BCUT2D eigenvalue weighted by atomic mass is 10.2. The van der Waals surface area contributed by atoms with Crippen molar-refractivity contribution in [3.05, 3.63) is 41.7 Å². The second-order valence-corrected chi connectivity index (χ2v) is 7.79. The van der Waals surface area contributed by atoms with Gasteiger partial charge in [-0.15, -0.1) is 24.0 Å². The summed E-state index contributed by atoms with van der Waals surface area (Å²) >= 11 is 0. The first kappa shape index (κ1) is 24.3. The van der Waals surface area contributed by atoms with E-state index in [1.54, 1.807) is 7.11 Å². The van der Waals surface area contributed by atoms with Crippen LogP contribution in [0.15, 0.2) is 35.3 Å². The third kappa shape index (κ3) is 6.02. The maximum Gasteiger partial charge on any atom is 0.193 e. The average molecular weight is 526 g/mol. The van der Waals surface area contributed by atoms with Crippen LogP contribution in [0, 0.1) is 19.8 Å². The highest BCUT2D eigenvalue weighted by molar-refractivity contribution is 14.0. The summed E-state index contributed by atoms with van der Waals surface area (Å²) in [6, 6.07) is 10.3. The Hall–Kier alpha value is -1.97. The number of ether oxygens (including phenoxy) is 1. The summed E-state index contributed by atoms with van der Waals surface area (Å²) in [5.41, 5.74) is 3.45. The fraction of sp³-hybridized carbons (Fsp3) is 0.545. The van der Waals surface area contributed by atoms with Crippen LogP contribution in [0.5, 0.6) is 5.75 Å². The Bertz CT molecular complexity index is 829. The number of nitrogens with zero attached hydrogens (tertiary/aromatic N) is 5. The Morgan fingerprint density at radius 2 is 1.90 bits per heavy atom. The van der Waals surface area contributed by atoms with Gasteiger partial charge in [-0.3, -0.25) is 9.67 Å². The van der Waals surface area contributed by atoms with E-state index in [9.17, 15) is 0 Å². The van der Waals surface area contributed by atoms with Crippen LogP contribution in [0.4, 0.5) is 5.69 Å². The van der Waals surface area contributed by atoms with E-state index in [0.717, 1.165) is 62.4 Å². The van der Waals surface area contributed by atoms with E-state index in [-0.39, 0.29) is 24.0 Å². The monoisotopic (exact) mass is 526 g/mol. The molecule has 1 aliphatic heterocycles. The highest BCUT2D eigenvalue weighted by Crippen LogP contribution is 2.28.